The maximum atomic E-state index is 14.0. The highest BCUT2D eigenvalue weighted by Gasteiger charge is 2.36. The van der Waals surface area contributed by atoms with Crippen LogP contribution in [0.25, 0.3) is 0 Å². The van der Waals surface area contributed by atoms with Gasteiger partial charge in [-0.15, -0.1) is 0 Å². The molecule has 1 aromatic rings. The van der Waals surface area contributed by atoms with Gasteiger partial charge in [-0.2, -0.15) is 0 Å². The van der Waals surface area contributed by atoms with Crippen molar-refractivity contribution >= 4 is 22.4 Å². The number of halogens is 2. The average Bonchev–Trinajstić information content (AvgIpc) is 2.31. The first-order chi connectivity index (χ1) is 9.10. The zero-order valence-corrected chi connectivity index (χ0v) is 13.8. The van der Waals surface area contributed by atoms with E-state index in [2.05, 4.69) is 4.98 Å². The van der Waals surface area contributed by atoms with Gasteiger partial charge in [0.2, 0.25) is 0 Å². The fourth-order valence-electron chi connectivity index (χ4n) is 1.85. The Morgan fingerprint density at radius 3 is 2.45 bits per heavy atom. The highest BCUT2D eigenvalue weighted by Crippen LogP contribution is 2.32. The average molecular weight is 322 g/mol. The molecule has 0 radical (unpaired) electrons. The first-order valence-electron chi connectivity index (χ1n) is 6.42. The van der Waals surface area contributed by atoms with Crippen molar-refractivity contribution in [3.8, 4) is 0 Å². The number of aliphatic hydroxyl groups excluding tert-OH is 1. The van der Waals surface area contributed by atoms with Gasteiger partial charge in [0.05, 0.1) is 5.69 Å². The molecule has 20 heavy (non-hydrogen) atoms. The Bertz CT molecular complexity index is 504. The number of hydrogen-bond acceptors (Lipinski definition) is 3. The number of nitrogens with zero attached hydrogens (tertiary/aromatic N) is 1. The molecule has 3 nitrogen and oxygen atoms in total. The first kappa shape index (κ1) is 17.5. The molecule has 0 aromatic carbocycles. The van der Waals surface area contributed by atoms with Crippen molar-refractivity contribution in [2.24, 2.45) is 0 Å². The zero-order valence-electron chi connectivity index (χ0n) is 12.2. The van der Waals surface area contributed by atoms with Gasteiger partial charge >= 0.3 is 0 Å². The number of pyridine rings is 1. The number of rotatable bonds is 5. The van der Waals surface area contributed by atoms with E-state index in [-0.39, 0.29) is 29.6 Å². The first-order valence-corrected chi connectivity index (χ1v) is 8.12. The highest BCUT2D eigenvalue weighted by atomic mass is 35.5. The Balaban J connectivity index is 3.21. The monoisotopic (exact) mass is 321 g/mol. The fraction of sp³-hybridized carbons (Fsp3) is 0.643. The van der Waals surface area contributed by atoms with Crippen molar-refractivity contribution in [2.45, 2.75) is 44.3 Å². The summed E-state index contributed by atoms with van der Waals surface area (Å²) in [6, 6.07) is 2.63. The molecule has 0 saturated heterocycles. The lowest BCUT2D eigenvalue weighted by molar-refractivity contribution is 0.249. The van der Waals surface area contributed by atoms with Crippen molar-refractivity contribution < 1.29 is 13.7 Å². The molecule has 1 N–H and O–H groups in total. The third-order valence-corrected chi connectivity index (χ3v) is 5.66. The standard InChI is InChI=1S/C14H21ClFNO2S/c1-13(2,3)20(19)9-14(4,7-8-18)12-10(16)5-6-11(15)17-12/h5-6,18H,7-9H2,1-4H3/t14-,20+/m1/s1. The van der Waals surface area contributed by atoms with E-state index in [9.17, 15) is 13.7 Å². The maximum Gasteiger partial charge on any atom is 0.145 e. The smallest absolute Gasteiger partial charge is 0.145 e. The van der Waals surface area contributed by atoms with Crippen LogP contribution in [0.2, 0.25) is 5.15 Å². The molecule has 6 heteroatoms. The summed E-state index contributed by atoms with van der Waals surface area (Å²) >= 11 is 5.83. The lowest BCUT2D eigenvalue weighted by atomic mass is 9.85. The van der Waals surface area contributed by atoms with Crippen molar-refractivity contribution in [2.75, 3.05) is 12.4 Å². The van der Waals surface area contributed by atoms with Crippen LogP contribution in [0.15, 0.2) is 12.1 Å². The molecule has 2 atom stereocenters. The second kappa shape index (κ2) is 6.50. The number of aromatic nitrogens is 1. The molecular weight excluding hydrogens is 301 g/mol. The van der Waals surface area contributed by atoms with Crippen LogP contribution in [0.3, 0.4) is 0 Å². The summed E-state index contributed by atoms with van der Waals surface area (Å²) in [5, 5.41) is 9.44. The van der Waals surface area contributed by atoms with Crippen LogP contribution in [-0.2, 0) is 16.2 Å². The molecule has 0 aliphatic rings. The summed E-state index contributed by atoms with van der Waals surface area (Å²) in [5.74, 6) is -0.266. The van der Waals surface area contributed by atoms with Crippen LogP contribution in [0.1, 0.15) is 39.8 Å². The Labute approximate surface area is 127 Å². The molecule has 0 amide bonds. The molecule has 1 rings (SSSR count). The van der Waals surface area contributed by atoms with E-state index in [1.165, 1.54) is 12.1 Å². The third kappa shape index (κ3) is 4.24. The van der Waals surface area contributed by atoms with E-state index in [0.29, 0.717) is 0 Å². The molecule has 114 valence electrons. The highest BCUT2D eigenvalue weighted by molar-refractivity contribution is 7.86. The fourth-order valence-corrected chi connectivity index (χ4v) is 3.29. The maximum absolute atomic E-state index is 14.0. The largest absolute Gasteiger partial charge is 0.396 e. The van der Waals surface area contributed by atoms with E-state index in [1.807, 2.05) is 20.8 Å². The van der Waals surface area contributed by atoms with Crippen LogP contribution in [0.5, 0.6) is 0 Å². The Kier molecular flexibility index (Phi) is 5.70. The normalized spacial score (nSPS) is 16.8. The molecule has 0 fully saturated rings. The van der Waals surface area contributed by atoms with Crippen molar-refractivity contribution in [3.63, 3.8) is 0 Å². The predicted octanol–water partition coefficient (Wildman–Crippen LogP) is 3.06. The Morgan fingerprint density at radius 2 is 1.95 bits per heavy atom. The van der Waals surface area contributed by atoms with Gasteiger partial charge in [0.25, 0.3) is 0 Å². The van der Waals surface area contributed by atoms with Gasteiger partial charge in [-0.1, -0.05) is 18.5 Å². The molecule has 1 heterocycles. The summed E-state index contributed by atoms with van der Waals surface area (Å²) in [5.41, 5.74) is -0.654. The predicted molar refractivity (Wildman–Crippen MR) is 81.0 cm³/mol. The zero-order chi connectivity index (χ0) is 15.6. The van der Waals surface area contributed by atoms with Gasteiger partial charge in [0.1, 0.15) is 11.0 Å². The summed E-state index contributed by atoms with van der Waals surface area (Å²) in [6.07, 6.45) is 0.277. The van der Waals surface area contributed by atoms with Gasteiger partial charge in [-0.3, -0.25) is 4.21 Å². The SMILES string of the molecule is CC(C)(C)[S@@](=O)C[C@@](C)(CCO)c1nc(Cl)ccc1F. The lowest BCUT2D eigenvalue weighted by Gasteiger charge is -2.31. The minimum Gasteiger partial charge on any atom is -0.396 e. The van der Waals surface area contributed by atoms with E-state index in [1.54, 1.807) is 6.92 Å². The van der Waals surface area contributed by atoms with Crippen molar-refractivity contribution in [3.05, 3.63) is 28.8 Å². The van der Waals surface area contributed by atoms with Gasteiger partial charge in [-0.05, 0) is 39.3 Å². The van der Waals surface area contributed by atoms with Crippen molar-refractivity contribution in [1.29, 1.82) is 0 Å². The van der Waals surface area contributed by atoms with Crippen molar-refractivity contribution in [1.82, 2.24) is 4.98 Å². The van der Waals surface area contributed by atoms with Gasteiger partial charge in [-0.25, -0.2) is 9.37 Å². The molecule has 0 saturated carbocycles. The molecular formula is C14H21ClFNO2S. The second-order valence-corrected chi connectivity index (χ2v) is 8.69. The van der Waals surface area contributed by atoms with Crippen LogP contribution < -0.4 is 0 Å². The van der Waals surface area contributed by atoms with Crippen LogP contribution in [0, 0.1) is 5.82 Å². The second-order valence-electron chi connectivity index (χ2n) is 6.10. The minimum absolute atomic E-state index is 0.133. The summed E-state index contributed by atoms with van der Waals surface area (Å²) in [4.78, 5) is 4.04. The van der Waals surface area contributed by atoms with E-state index >= 15 is 0 Å². The molecule has 0 aliphatic heterocycles. The molecule has 0 spiro atoms. The molecule has 1 aromatic heterocycles. The van der Waals surface area contributed by atoms with E-state index in [4.69, 9.17) is 11.6 Å². The molecule has 0 aliphatic carbocycles. The number of hydrogen-bond donors (Lipinski definition) is 1. The third-order valence-electron chi connectivity index (χ3n) is 3.18. The summed E-state index contributed by atoms with van der Waals surface area (Å²) in [6.45, 7) is 7.22. The summed E-state index contributed by atoms with van der Waals surface area (Å²) in [7, 11) is -1.18. The van der Waals surface area contributed by atoms with E-state index < -0.39 is 26.8 Å². The number of aliphatic hydroxyl groups is 1. The lowest BCUT2D eigenvalue weighted by Crippen LogP contribution is -2.38. The molecule has 0 bridgehead atoms. The quantitative estimate of drug-likeness (QED) is 0.848. The minimum atomic E-state index is -1.18. The summed E-state index contributed by atoms with van der Waals surface area (Å²) < 4.78 is 26.0. The van der Waals surface area contributed by atoms with Gasteiger partial charge in [0.15, 0.2) is 0 Å². The Hall–Kier alpha value is -0.520. The Morgan fingerprint density at radius 1 is 1.35 bits per heavy atom. The van der Waals surface area contributed by atoms with E-state index in [0.717, 1.165) is 0 Å². The van der Waals surface area contributed by atoms with Crippen LogP contribution in [0.4, 0.5) is 4.39 Å². The topological polar surface area (TPSA) is 50.2 Å². The van der Waals surface area contributed by atoms with Crippen LogP contribution >= 0.6 is 11.6 Å². The van der Waals surface area contributed by atoms with Gasteiger partial charge in [0, 0.05) is 33.3 Å². The molecule has 0 unspecified atom stereocenters. The van der Waals surface area contributed by atoms with Gasteiger partial charge < -0.3 is 5.11 Å². The van der Waals surface area contributed by atoms with Crippen LogP contribution in [-0.4, -0.2) is 31.4 Å².